The van der Waals surface area contributed by atoms with Crippen molar-refractivity contribution < 1.29 is 22.7 Å². The number of anilines is 1. The first-order valence-electron chi connectivity index (χ1n) is 8.83. The molecule has 2 amide bonds. The van der Waals surface area contributed by atoms with Gasteiger partial charge >= 0.3 is 0 Å². The molecule has 9 nitrogen and oxygen atoms in total. The minimum Gasteiger partial charge on any atom is -0.482 e. The van der Waals surface area contributed by atoms with Gasteiger partial charge in [0.1, 0.15) is 5.75 Å². The third-order valence-electron chi connectivity index (χ3n) is 4.70. The second kappa shape index (κ2) is 9.08. The molecule has 1 atom stereocenters. The lowest BCUT2D eigenvalue weighted by molar-refractivity contribution is -0.136. The van der Waals surface area contributed by atoms with E-state index in [0.717, 1.165) is 0 Å². The zero-order chi connectivity index (χ0) is 19.6. The Hall–Kier alpha value is -1.88. The number of carbonyl (C=O) groups is 2. The van der Waals surface area contributed by atoms with E-state index in [0.29, 0.717) is 31.1 Å². The first kappa shape index (κ1) is 22.4. The highest BCUT2D eigenvalue weighted by molar-refractivity contribution is 7.89. The number of sulfonamides is 1. The molecule has 11 heteroatoms. The number of carbonyl (C=O) groups excluding carboxylic acids is 2. The van der Waals surface area contributed by atoms with Gasteiger partial charge < -0.3 is 20.3 Å². The summed E-state index contributed by atoms with van der Waals surface area (Å²) in [4.78, 5) is 25.6. The number of nitrogens with one attached hydrogen (secondary N) is 2. The number of hydrogen-bond donors (Lipinski definition) is 2. The van der Waals surface area contributed by atoms with Crippen LogP contribution < -0.4 is 15.4 Å². The molecule has 1 saturated heterocycles. The van der Waals surface area contributed by atoms with Crippen LogP contribution in [-0.2, 0) is 19.6 Å². The van der Waals surface area contributed by atoms with Crippen LogP contribution in [0.1, 0.15) is 6.92 Å². The number of fused-ring (bicyclic) bond motifs is 1. The molecule has 0 bridgehead atoms. The Bertz CT molecular complexity index is 840. The molecule has 0 spiro atoms. The lowest BCUT2D eigenvalue weighted by Gasteiger charge is -2.35. The maximum atomic E-state index is 12.9. The van der Waals surface area contributed by atoms with Crippen LogP contribution in [0.5, 0.6) is 5.75 Å². The van der Waals surface area contributed by atoms with Crippen LogP contribution >= 0.6 is 12.4 Å². The quantitative estimate of drug-likeness (QED) is 0.684. The molecule has 156 valence electrons. The molecule has 1 unspecified atom stereocenters. The second-order valence-electron chi connectivity index (χ2n) is 6.68. The first-order valence-corrected chi connectivity index (χ1v) is 10.3. The van der Waals surface area contributed by atoms with E-state index in [1.54, 1.807) is 18.0 Å². The van der Waals surface area contributed by atoms with Crippen molar-refractivity contribution in [1.29, 1.82) is 0 Å². The zero-order valence-corrected chi connectivity index (χ0v) is 17.4. The summed E-state index contributed by atoms with van der Waals surface area (Å²) in [7, 11) is -1.92. The molecule has 1 aromatic rings. The molecule has 2 aliphatic rings. The van der Waals surface area contributed by atoms with Crippen molar-refractivity contribution in [3.05, 3.63) is 18.2 Å². The van der Waals surface area contributed by atoms with Crippen molar-refractivity contribution in [2.75, 3.05) is 51.7 Å². The Labute approximate surface area is 170 Å². The van der Waals surface area contributed by atoms with Crippen molar-refractivity contribution in [3.63, 3.8) is 0 Å². The third kappa shape index (κ3) is 4.57. The normalized spacial score (nSPS) is 18.4. The maximum absolute atomic E-state index is 12.9. The number of nitrogens with zero attached hydrogens (tertiary/aromatic N) is 2. The van der Waals surface area contributed by atoms with E-state index in [2.05, 4.69) is 10.6 Å². The Morgan fingerprint density at radius 2 is 1.96 bits per heavy atom. The fourth-order valence-electron chi connectivity index (χ4n) is 3.23. The summed E-state index contributed by atoms with van der Waals surface area (Å²) in [6.07, 6.45) is 0. The van der Waals surface area contributed by atoms with Gasteiger partial charge in [0.05, 0.1) is 10.6 Å². The number of piperazine rings is 1. The number of halogens is 1. The number of amides is 2. The highest BCUT2D eigenvalue weighted by Crippen LogP contribution is 2.31. The largest absolute Gasteiger partial charge is 0.482 e. The fourth-order valence-corrected chi connectivity index (χ4v) is 4.67. The summed E-state index contributed by atoms with van der Waals surface area (Å²) in [5.41, 5.74) is 0.349. The fraction of sp³-hybridized carbons (Fsp3) is 0.529. The lowest BCUT2D eigenvalue weighted by Crippen LogP contribution is -2.52. The van der Waals surface area contributed by atoms with E-state index in [-0.39, 0.29) is 54.7 Å². The Morgan fingerprint density at radius 3 is 2.61 bits per heavy atom. The van der Waals surface area contributed by atoms with Gasteiger partial charge in [0.25, 0.3) is 5.91 Å². The topological polar surface area (TPSA) is 108 Å². The van der Waals surface area contributed by atoms with E-state index in [1.165, 1.54) is 16.4 Å². The van der Waals surface area contributed by atoms with E-state index in [1.807, 2.05) is 6.92 Å². The number of rotatable bonds is 5. The minimum absolute atomic E-state index is 0. The van der Waals surface area contributed by atoms with Gasteiger partial charge in [0, 0.05) is 38.6 Å². The molecule has 3 rings (SSSR count). The zero-order valence-electron chi connectivity index (χ0n) is 15.8. The summed E-state index contributed by atoms with van der Waals surface area (Å²) in [5, 5.41) is 5.59. The SMILES string of the molecule is CNCC(C)C(=O)N1CCN(S(=O)(=O)c2ccc3c(c2)NC(=O)CO3)CC1.Cl. The number of hydrogen-bond acceptors (Lipinski definition) is 6. The molecule has 28 heavy (non-hydrogen) atoms. The van der Waals surface area contributed by atoms with Crippen molar-refractivity contribution in [1.82, 2.24) is 14.5 Å². The van der Waals surface area contributed by atoms with Gasteiger partial charge in [-0.3, -0.25) is 9.59 Å². The number of benzene rings is 1. The van der Waals surface area contributed by atoms with Gasteiger partial charge in [-0.05, 0) is 25.2 Å². The molecule has 0 aliphatic carbocycles. The lowest BCUT2D eigenvalue weighted by atomic mass is 10.1. The molecule has 1 aromatic carbocycles. The standard InChI is InChI=1S/C17H24N4O5S.ClH/c1-12(10-18-2)17(23)20-5-7-21(8-6-20)27(24,25)13-3-4-15-14(9-13)19-16(22)11-26-15;/h3-4,9,12,18H,5-8,10-11H2,1-2H3,(H,19,22);1H. The Kier molecular flexibility index (Phi) is 7.27. The van der Waals surface area contributed by atoms with Crippen LogP contribution in [0.15, 0.2) is 23.1 Å². The van der Waals surface area contributed by atoms with E-state index < -0.39 is 10.0 Å². The van der Waals surface area contributed by atoms with E-state index in [4.69, 9.17) is 4.74 Å². The van der Waals surface area contributed by atoms with Crippen LogP contribution in [-0.4, -0.2) is 75.8 Å². The smallest absolute Gasteiger partial charge is 0.262 e. The molecular weight excluding hydrogens is 408 g/mol. The highest BCUT2D eigenvalue weighted by Gasteiger charge is 2.32. The average Bonchev–Trinajstić information content (AvgIpc) is 2.67. The molecule has 0 radical (unpaired) electrons. The van der Waals surface area contributed by atoms with E-state index in [9.17, 15) is 18.0 Å². The third-order valence-corrected chi connectivity index (χ3v) is 6.60. The van der Waals surface area contributed by atoms with Crippen LogP contribution in [0.4, 0.5) is 5.69 Å². The van der Waals surface area contributed by atoms with Crippen LogP contribution in [0.2, 0.25) is 0 Å². The van der Waals surface area contributed by atoms with Crippen molar-refractivity contribution in [2.45, 2.75) is 11.8 Å². The summed E-state index contributed by atoms with van der Waals surface area (Å²) >= 11 is 0. The molecule has 2 heterocycles. The molecule has 1 fully saturated rings. The van der Waals surface area contributed by atoms with Gasteiger partial charge in [0.15, 0.2) is 6.61 Å². The second-order valence-corrected chi connectivity index (χ2v) is 8.62. The first-order chi connectivity index (χ1) is 12.8. The highest BCUT2D eigenvalue weighted by atomic mass is 35.5. The summed E-state index contributed by atoms with van der Waals surface area (Å²) < 4.78 is 32.5. The van der Waals surface area contributed by atoms with Gasteiger partial charge in [-0.15, -0.1) is 12.4 Å². The van der Waals surface area contributed by atoms with Crippen LogP contribution in [0.3, 0.4) is 0 Å². The van der Waals surface area contributed by atoms with Gasteiger partial charge in [-0.25, -0.2) is 8.42 Å². The Balaban J connectivity index is 0.00000280. The Morgan fingerprint density at radius 1 is 1.29 bits per heavy atom. The molecule has 0 aromatic heterocycles. The average molecular weight is 433 g/mol. The maximum Gasteiger partial charge on any atom is 0.262 e. The van der Waals surface area contributed by atoms with Crippen molar-refractivity contribution >= 4 is 39.9 Å². The molecular formula is C17H25ClN4O5S. The number of ether oxygens (including phenoxy) is 1. The van der Waals surface area contributed by atoms with Crippen molar-refractivity contribution in [2.24, 2.45) is 5.92 Å². The molecule has 2 aliphatic heterocycles. The molecule has 0 saturated carbocycles. The molecule has 2 N–H and O–H groups in total. The van der Waals surface area contributed by atoms with Crippen LogP contribution in [0, 0.1) is 5.92 Å². The van der Waals surface area contributed by atoms with Gasteiger partial charge in [0.2, 0.25) is 15.9 Å². The van der Waals surface area contributed by atoms with Gasteiger partial charge in [-0.1, -0.05) is 6.92 Å². The summed E-state index contributed by atoms with van der Waals surface area (Å²) in [6, 6.07) is 4.42. The van der Waals surface area contributed by atoms with E-state index >= 15 is 0 Å². The monoisotopic (exact) mass is 432 g/mol. The minimum atomic E-state index is -3.72. The van der Waals surface area contributed by atoms with Crippen LogP contribution in [0.25, 0.3) is 0 Å². The summed E-state index contributed by atoms with van der Waals surface area (Å²) in [5.74, 6) is -0.000181. The van der Waals surface area contributed by atoms with Crippen molar-refractivity contribution in [3.8, 4) is 5.75 Å². The van der Waals surface area contributed by atoms with Gasteiger partial charge in [-0.2, -0.15) is 4.31 Å². The predicted molar refractivity (Wildman–Crippen MR) is 106 cm³/mol. The summed E-state index contributed by atoms with van der Waals surface area (Å²) in [6.45, 7) is 3.54. The predicted octanol–water partition coefficient (Wildman–Crippen LogP) is 0.128.